The molecule has 94 valence electrons. The fourth-order valence-electron chi connectivity index (χ4n) is 1.39. The van der Waals surface area contributed by atoms with E-state index in [4.69, 9.17) is 27.9 Å². The molecule has 1 rings (SSSR count). The van der Waals surface area contributed by atoms with Gasteiger partial charge >= 0.3 is 5.97 Å². The van der Waals surface area contributed by atoms with Gasteiger partial charge in [0.1, 0.15) is 0 Å². The first-order valence-electron chi connectivity index (χ1n) is 5.29. The first kappa shape index (κ1) is 14.8. The number of hydrogen-bond acceptors (Lipinski definition) is 2. The standard InChI is InChI=1S/C12H13BrCl2O2/c1-2-17-12(16)6-5-11(15)9-7-8(14)3-4-10(9)13/h3-4,7,11H,2,5-6H2,1H3. The second-order valence-corrected chi connectivity index (χ2v) is 5.29. The van der Waals surface area contributed by atoms with E-state index >= 15 is 0 Å². The number of halogens is 3. The van der Waals surface area contributed by atoms with Crippen molar-refractivity contribution in [1.29, 1.82) is 0 Å². The van der Waals surface area contributed by atoms with Crippen LogP contribution in [0.25, 0.3) is 0 Å². The molecule has 5 heteroatoms. The molecule has 17 heavy (non-hydrogen) atoms. The number of benzene rings is 1. The van der Waals surface area contributed by atoms with Gasteiger partial charge in [-0.1, -0.05) is 27.5 Å². The molecule has 1 aromatic carbocycles. The third-order valence-corrected chi connectivity index (χ3v) is 3.61. The van der Waals surface area contributed by atoms with Crippen molar-refractivity contribution in [2.75, 3.05) is 6.61 Å². The number of esters is 1. The Bertz CT molecular complexity index is 396. The fourth-order valence-corrected chi connectivity index (χ4v) is 2.51. The molecule has 0 saturated carbocycles. The van der Waals surface area contributed by atoms with E-state index in [2.05, 4.69) is 15.9 Å². The molecule has 0 fully saturated rings. The van der Waals surface area contributed by atoms with Gasteiger partial charge in [0.25, 0.3) is 0 Å². The van der Waals surface area contributed by atoms with Crippen LogP contribution in [0, 0.1) is 0 Å². The Hall–Kier alpha value is -0.250. The number of alkyl halides is 1. The van der Waals surface area contributed by atoms with Gasteiger partial charge in [0, 0.05) is 15.9 Å². The molecular weight excluding hydrogens is 327 g/mol. The van der Waals surface area contributed by atoms with Crippen molar-refractivity contribution >= 4 is 45.1 Å². The summed E-state index contributed by atoms with van der Waals surface area (Å²) >= 11 is 15.5. The van der Waals surface area contributed by atoms with Crippen LogP contribution in [0.5, 0.6) is 0 Å². The quantitative estimate of drug-likeness (QED) is 0.572. The molecule has 0 aromatic heterocycles. The molecule has 1 atom stereocenters. The van der Waals surface area contributed by atoms with Gasteiger partial charge in [0.05, 0.1) is 12.0 Å². The highest BCUT2D eigenvalue weighted by atomic mass is 79.9. The molecule has 0 radical (unpaired) electrons. The highest BCUT2D eigenvalue weighted by Gasteiger charge is 2.14. The lowest BCUT2D eigenvalue weighted by molar-refractivity contribution is -0.143. The number of carbonyl (C=O) groups is 1. The molecular formula is C12H13BrCl2O2. The summed E-state index contributed by atoms with van der Waals surface area (Å²) in [7, 11) is 0. The van der Waals surface area contributed by atoms with Crippen molar-refractivity contribution in [3.63, 3.8) is 0 Å². The lowest BCUT2D eigenvalue weighted by Crippen LogP contribution is -2.05. The van der Waals surface area contributed by atoms with E-state index in [1.54, 1.807) is 19.1 Å². The highest BCUT2D eigenvalue weighted by molar-refractivity contribution is 9.10. The van der Waals surface area contributed by atoms with Crippen molar-refractivity contribution in [2.24, 2.45) is 0 Å². The van der Waals surface area contributed by atoms with Crippen molar-refractivity contribution in [3.8, 4) is 0 Å². The van der Waals surface area contributed by atoms with Gasteiger partial charge in [0.2, 0.25) is 0 Å². The smallest absolute Gasteiger partial charge is 0.305 e. The third-order valence-electron chi connectivity index (χ3n) is 2.20. The molecule has 0 aliphatic heterocycles. The summed E-state index contributed by atoms with van der Waals surface area (Å²) in [6, 6.07) is 5.43. The molecule has 1 aromatic rings. The Labute approximate surface area is 119 Å². The van der Waals surface area contributed by atoms with Crippen LogP contribution in [-0.4, -0.2) is 12.6 Å². The monoisotopic (exact) mass is 338 g/mol. The minimum atomic E-state index is -0.257. The number of carbonyl (C=O) groups excluding carboxylic acids is 1. The SMILES string of the molecule is CCOC(=O)CCC(Cl)c1cc(Cl)ccc1Br. The summed E-state index contributed by atoms with van der Waals surface area (Å²) in [5.41, 5.74) is 0.892. The van der Waals surface area contributed by atoms with Gasteiger partial charge in [-0.15, -0.1) is 11.6 Å². The van der Waals surface area contributed by atoms with Crippen LogP contribution in [0.1, 0.15) is 30.7 Å². The van der Waals surface area contributed by atoms with Gasteiger partial charge in [-0.2, -0.15) is 0 Å². The van der Waals surface area contributed by atoms with Crippen LogP contribution in [-0.2, 0) is 9.53 Å². The molecule has 0 saturated heterocycles. The first-order chi connectivity index (χ1) is 8.04. The van der Waals surface area contributed by atoms with Crippen LogP contribution >= 0.6 is 39.1 Å². The number of ether oxygens (including phenoxy) is 1. The summed E-state index contributed by atoms with van der Waals surface area (Å²) in [5, 5.41) is 0.373. The van der Waals surface area contributed by atoms with Gasteiger partial charge in [0.15, 0.2) is 0 Å². The van der Waals surface area contributed by atoms with Gasteiger partial charge in [-0.05, 0) is 37.1 Å². The predicted molar refractivity (Wildman–Crippen MR) is 73.6 cm³/mol. The summed E-state index contributed by atoms with van der Waals surface area (Å²) < 4.78 is 5.74. The maximum absolute atomic E-state index is 11.2. The molecule has 0 bridgehead atoms. The average molecular weight is 340 g/mol. The van der Waals surface area contributed by atoms with Gasteiger partial charge < -0.3 is 4.74 Å². The Morgan fingerprint density at radius 1 is 1.53 bits per heavy atom. The highest BCUT2D eigenvalue weighted by Crippen LogP contribution is 2.33. The lowest BCUT2D eigenvalue weighted by Gasteiger charge is -2.11. The first-order valence-corrected chi connectivity index (χ1v) is 6.90. The predicted octanol–water partition coefficient (Wildman–Crippen LogP) is 4.73. The van der Waals surface area contributed by atoms with Crippen molar-refractivity contribution in [3.05, 3.63) is 33.3 Å². The van der Waals surface area contributed by atoms with Gasteiger partial charge in [-0.3, -0.25) is 4.79 Å². The zero-order valence-electron chi connectivity index (χ0n) is 9.38. The lowest BCUT2D eigenvalue weighted by atomic mass is 10.1. The third kappa shape index (κ3) is 4.86. The number of rotatable bonds is 5. The van der Waals surface area contributed by atoms with E-state index in [-0.39, 0.29) is 11.3 Å². The second-order valence-electron chi connectivity index (χ2n) is 3.48. The Balaban J connectivity index is 2.60. The van der Waals surface area contributed by atoms with E-state index in [0.29, 0.717) is 24.5 Å². The molecule has 1 unspecified atom stereocenters. The largest absolute Gasteiger partial charge is 0.466 e. The van der Waals surface area contributed by atoms with E-state index in [1.165, 1.54) is 0 Å². The molecule has 0 amide bonds. The van der Waals surface area contributed by atoms with Crippen LogP contribution < -0.4 is 0 Å². The van der Waals surface area contributed by atoms with Gasteiger partial charge in [-0.25, -0.2) is 0 Å². The summed E-state index contributed by atoms with van der Waals surface area (Å²) in [6.07, 6.45) is 0.834. The zero-order valence-corrected chi connectivity index (χ0v) is 12.5. The Morgan fingerprint density at radius 2 is 2.24 bits per heavy atom. The van der Waals surface area contributed by atoms with Crippen LogP contribution in [0.3, 0.4) is 0 Å². The molecule has 0 N–H and O–H groups in total. The van der Waals surface area contributed by atoms with Crippen LogP contribution in [0.15, 0.2) is 22.7 Å². The van der Waals surface area contributed by atoms with E-state index in [0.717, 1.165) is 10.0 Å². The van der Waals surface area contributed by atoms with Crippen LogP contribution in [0.4, 0.5) is 0 Å². The van der Waals surface area contributed by atoms with E-state index in [9.17, 15) is 4.79 Å². The van der Waals surface area contributed by atoms with Crippen molar-refractivity contribution in [2.45, 2.75) is 25.1 Å². The topological polar surface area (TPSA) is 26.3 Å². The maximum atomic E-state index is 11.2. The summed E-state index contributed by atoms with van der Waals surface area (Å²) in [4.78, 5) is 11.2. The molecule has 0 heterocycles. The van der Waals surface area contributed by atoms with E-state index in [1.807, 2.05) is 6.07 Å². The Kier molecular flexibility index (Phi) is 6.31. The molecule has 0 aliphatic rings. The van der Waals surface area contributed by atoms with Crippen molar-refractivity contribution in [1.82, 2.24) is 0 Å². The van der Waals surface area contributed by atoms with Crippen LogP contribution in [0.2, 0.25) is 5.02 Å². The minimum absolute atomic E-state index is 0.226. The fraction of sp³-hybridized carbons (Fsp3) is 0.417. The molecule has 0 spiro atoms. The summed E-state index contributed by atoms with van der Waals surface area (Å²) in [5.74, 6) is -0.226. The molecule has 0 aliphatic carbocycles. The maximum Gasteiger partial charge on any atom is 0.305 e. The number of hydrogen-bond donors (Lipinski definition) is 0. The zero-order chi connectivity index (χ0) is 12.8. The average Bonchev–Trinajstić information content (AvgIpc) is 2.29. The summed E-state index contributed by atoms with van der Waals surface area (Å²) in [6.45, 7) is 2.18. The molecule has 2 nitrogen and oxygen atoms in total. The minimum Gasteiger partial charge on any atom is -0.466 e. The normalized spacial score (nSPS) is 12.2. The van der Waals surface area contributed by atoms with E-state index < -0.39 is 0 Å². The second kappa shape index (κ2) is 7.24. The van der Waals surface area contributed by atoms with Crippen molar-refractivity contribution < 1.29 is 9.53 Å². The Morgan fingerprint density at radius 3 is 2.88 bits per heavy atom.